The van der Waals surface area contributed by atoms with E-state index < -0.39 is 0 Å². The number of nitrogens with zero attached hydrogens (tertiary/aromatic N) is 1. The number of nitrogens with one attached hydrogen (secondary N) is 1. The zero-order valence-corrected chi connectivity index (χ0v) is 10.6. The Balaban J connectivity index is 2.27. The Morgan fingerprint density at radius 3 is 3.00 bits per heavy atom. The van der Waals surface area contributed by atoms with Gasteiger partial charge in [-0.2, -0.15) is 11.8 Å². The molecule has 0 fully saturated rings. The quantitative estimate of drug-likeness (QED) is 0.664. The number of fused-ring (bicyclic) bond motifs is 1. The van der Waals surface area contributed by atoms with Crippen LogP contribution in [0.5, 0.6) is 0 Å². The van der Waals surface area contributed by atoms with E-state index in [0.717, 1.165) is 28.9 Å². The van der Waals surface area contributed by atoms with Crippen molar-refractivity contribution in [3.8, 4) is 0 Å². The SMILES string of the molecule is CSCCNc1cc2ccccc2c(Cl)n1. The number of pyridine rings is 1. The molecular formula is C12H13ClN2S. The fourth-order valence-electron chi connectivity index (χ4n) is 1.53. The summed E-state index contributed by atoms with van der Waals surface area (Å²) in [5, 5.41) is 5.94. The fourth-order valence-corrected chi connectivity index (χ4v) is 2.10. The molecule has 0 saturated carbocycles. The van der Waals surface area contributed by atoms with Gasteiger partial charge in [-0.1, -0.05) is 35.9 Å². The van der Waals surface area contributed by atoms with Gasteiger partial charge in [-0.15, -0.1) is 0 Å². The predicted octanol–water partition coefficient (Wildman–Crippen LogP) is 3.66. The molecule has 84 valence electrons. The monoisotopic (exact) mass is 252 g/mol. The zero-order valence-electron chi connectivity index (χ0n) is 9.03. The number of anilines is 1. The molecule has 1 aromatic heterocycles. The van der Waals surface area contributed by atoms with E-state index >= 15 is 0 Å². The lowest BCUT2D eigenvalue weighted by atomic mass is 10.2. The first-order chi connectivity index (χ1) is 7.81. The Hall–Kier alpha value is -0.930. The number of hydrogen-bond donors (Lipinski definition) is 1. The second-order valence-electron chi connectivity index (χ2n) is 3.44. The molecule has 0 bridgehead atoms. The molecule has 0 aliphatic carbocycles. The summed E-state index contributed by atoms with van der Waals surface area (Å²) in [6.07, 6.45) is 2.09. The van der Waals surface area contributed by atoms with Crippen LogP contribution in [0.15, 0.2) is 30.3 Å². The highest BCUT2D eigenvalue weighted by Gasteiger charge is 2.02. The van der Waals surface area contributed by atoms with Gasteiger partial charge in [0.05, 0.1) is 0 Å². The molecule has 0 aliphatic heterocycles. The first-order valence-electron chi connectivity index (χ1n) is 5.09. The zero-order chi connectivity index (χ0) is 11.4. The molecule has 2 rings (SSSR count). The van der Waals surface area contributed by atoms with Crippen LogP contribution in [0.4, 0.5) is 5.82 Å². The lowest BCUT2D eigenvalue weighted by Crippen LogP contribution is -2.05. The number of aromatic nitrogens is 1. The minimum absolute atomic E-state index is 0.560. The minimum Gasteiger partial charge on any atom is -0.369 e. The molecule has 2 nitrogen and oxygen atoms in total. The summed E-state index contributed by atoms with van der Waals surface area (Å²) in [5.74, 6) is 1.91. The maximum absolute atomic E-state index is 6.12. The average molecular weight is 253 g/mol. The normalized spacial score (nSPS) is 10.6. The molecular weight excluding hydrogens is 240 g/mol. The largest absolute Gasteiger partial charge is 0.369 e. The van der Waals surface area contributed by atoms with Gasteiger partial charge in [-0.3, -0.25) is 0 Å². The third-order valence-corrected chi connectivity index (χ3v) is 3.21. The van der Waals surface area contributed by atoms with E-state index in [2.05, 4.69) is 16.6 Å². The van der Waals surface area contributed by atoms with Gasteiger partial charge in [0.25, 0.3) is 0 Å². The molecule has 0 saturated heterocycles. The molecule has 0 amide bonds. The Kier molecular flexibility index (Phi) is 3.91. The highest BCUT2D eigenvalue weighted by atomic mass is 35.5. The summed E-state index contributed by atoms with van der Waals surface area (Å²) in [7, 11) is 0. The smallest absolute Gasteiger partial charge is 0.139 e. The van der Waals surface area contributed by atoms with Crippen LogP contribution in [0.1, 0.15) is 0 Å². The highest BCUT2D eigenvalue weighted by molar-refractivity contribution is 7.98. The molecule has 1 aromatic carbocycles. The number of benzene rings is 1. The van der Waals surface area contributed by atoms with Gasteiger partial charge >= 0.3 is 0 Å². The van der Waals surface area contributed by atoms with Crippen molar-refractivity contribution >= 4 is 40.0 Å². The van der Waals surface area contributed by atoms with Gasteiger partial charge in [0.1, 0.15) is 11.0 Å². The summed E-state index contributed by atoms with van der Waals surface area (Å²) in [5.41, 5.74) is 0. The lowest BCUT2D eigenvalue weighted by molar-refractivity contribution is 1.18. The molecule has 0 spiro atoms. The van der Waals surface area contributed by atoms with Crippen LogP contribution in [0.25, 0.3) is 10.8 Å². The Morgan fingerprint density at radius 1 is 1.38 bits per heavy atom. The summed E-state index contributed by atoms with van der Waals surface area (Å²) < 4.78 is 0. The van der Waals surface area contributed by atoms with E-state index in [-0.39, 0.29) is 0 Å². The van der Waals surface area contributed by atoms with Crippen LogP contribution >= 0.6 is 23.4 Å². The van der Waals surface area contributed by atoms with E-state index in [0.29, 0.717) is 5.15 Å². The van der Waals surface area contributed by atoms with E-state index in [4.69, 9.17) is 11.6 Å². The van der Waals surface area contributed by atoms with Crippen LogP contribution in [0, 0.1) is 0 Å². The van der Waals surface area contributed by atoms with Gasteiger partial charge < -0.3 is 5.32 Å². The van der Waals surface area contributed by atoms with Gasteiger partial charge in [-0.25, -0.2) is 4.98 Å². The summed E-state index contributed by atoms with van der Waals surface area (Å²) in [6, 6.07) is 10.0. The standard InChI is InChI=1S/C12H13ClN2S/c1-16-7-6-14-11-8-9-4-2-3-5-10(9)12(13)15-11/h2-5,8H,6-7H2,1H3,(H,14,15). The number of halogens is 1. The average Bonchev–Trinajstić information content (AvgIpc) is 2.30. The van der Waals surface area contributed by atoms with Gasteiger partial charge in [0, 0.05) is 17.7 Å². The third kappa shape index (κ3) is 2.60. The van der Waals surface area contributed by atoms with Crippen molar-refractivity contribution in [3.63, 3.8) is 0 Å². The van der Waals surface area contributed by atoms with Crippen LogP contribution in [0.2, 0.25) is 5.15 Å². The fraction of sp³-hybridized carbons (Fsp3) is 0.250. The first kappa shape index (κ1) is 11.6. The topological polar surface area (TPSA) is 24.9 Å². The Labute approximate surface area is 104 Å². The molecule has 16 heavy (non-hydrogen) atoms. The Morgan fingerprint density at radius 2 is 2.19 bits per heavy atom. The van der Waals surface area contributed by atoms with Crippen molar-refractivity contribution in [3.05, 3.63) is 35.5 Å². The molecule has 4 heteroatoms. The van der Waals surface area contributed by atoms with Crippen molar-refractivity contribution in [1.29, 1.82) is 0 Å². The first-order valence-corrected chi connectivity index (χ1v) is 6.86. The van der Waals surface area contributed by atoms with Crippen LogP contribution in [-0.2, 0) is 0 Å². The summed E-state index contributed by atoms with van der Waals surface area (Å²) in [4.78, 5) is 4.32. The predicted molar refractivity (Wildman–Crippen MR) is 73.6 cm³/mol. The number of hydrogen-bond acceptors (Lipinski definition) is 3. The van der Waals surface area contributed by atoms with Crippen molar-refractivity contribution in [2.24, 2.45) is 0 Å². The maximum Gasteiger partial charge on any atom is 0.139 e. The third-order valence-electron chi connectivity index (χ3n) is 2.31. The second kappa shape index (κ2) is 5.41. The van der Waals surface area contributed by atoms with Crippen molar-refractivity contribution in [2.45, 2.75) is 0 Å². The summed E-state index contributed by atoms with van der Waals surface area (Å²) >= 11 is 7.92. The van der Waals surface area contributed by atoms with Crippen molar-refractivity contribution < 1.29 is 0 Å². The van der Waals surface area contributed by atoms with E-state index in [1.165, 1.54) is 0 Å². The van der Waals surface area contributed by atoms with E-state index in [1.54, 1.807) is 11.8 Å². The summed E-state index contributed by atoms with van der Waals surface area (Å²) in [6.45, 7) is 0.906. The van der Waals surface area contributed by atoms with Crippen LogP contribution in [-0.4, -0.2) is 23.5 Å². The molecule has 1 heterocycles. The Bertz CT molecular complexity index is 487. The maximum atomic E-state index is 6.12. The van der Waals surface area contributed by atoms with Gasteiger partial charge in [0.15, 0.2) is 0 Å². The second-order valence-corrected chi connectivity index (χ2v) is 4.78. The molecule has 2 aromatic rings. The van der Waals surface area contributed by atoms with Crippen molar-refractivity contribution in [1.82, 2.24) is 4.98 Å². The molecule has 0 radical (unpaired) electrons. The van der Waals surface area contributed by atoms with Gasteiger partial charge in [-0.05, 0) is 17.7 Å². The van der Waals surface area contributed by atoms with Gasteiger partial charge in [0.2, 0.25) is 0 Å². The molecule has 0 aliphatic rings. The van der Waals surface area contributed by atoms with E-state index in [9.17, 15) is 0 Å². The molecule has 0 unspecified atom stereocenters. The van der Waals surface area contributed by atoms with E-state index in [1.807, 2.05) is 30.3 Å². The lowest BCUT2D eigenvalue weighted by Gasteiger charge is -2.07. The van der Waals surface area contributed by atoms with Crippen LogP contribution in [0.3, 0.4) is 0 Å². The molecule has 0 atom stereocenters. The molecule has 1 N–H and O–H groups in total. The number of rotatable bonds is 4. The van der Waals surface area contributed by atoms with Crippen LogP contribution < -0.4 is 5.32 Å². The van der Waals surface area contributed by atoms with Crippen molar-refractivity contribution in [2.75, 3.05) is 23.9 Å². The number of thioether (sulfide) groups is 1. The minimum atomic E-state index is 0.560. The highest BCUT2D eigenvalue weighted by Crippen LogP contribution is 2.24.